The summed E-state index contributed by atoms with van der Waals surface area (Å²) < 4.78 is 32.2. The van der Waals surface area contributed by atoms with Gasteiger partial charge >= 0.3 is 0 Å². The fourth-order valence-corrected chi connectivity index (χ4v) is 4.88. The van der Waals surface area contributed by atoms with Gasteiger partial charge in [-0.2, -0.15) is 4.31 Å². The molecule has 1 saturated heterocycles. The number of amides is 1. The molecule has 0 aromatic heterocycles. The molecule has 8 nitrogen and oxygen atoms in total. The maximum absolute atomic E-state index is 12.9. The number of piperazine rings is 1. The number of hydrogen-bond acceptors (Lipinski definition) is 6. The summed E-state index contributed by atoms with van der Waals surface area (Å²) in [6.45, 7) is 1.37. The molecule has 31 heavy (non-hydrogen) atoms. The number of nitrogens with zero attached hydrogens (tertiary/aromatic N) is 2. The molecule has 1 heterocycles. The number of aliphatic hydroxyl groups is 1. The number of primary amides is 1. The zero-order chi connectivity index (χ0) is 22.5. The highest BCUT2D eigenvalue weighted by Crippen LogP contribution is 2.22. The van der Waals surface area contributed by atoms with Crippen LogP contribution in [0.2, 0.25) is 0 Å². The van der Waals surface area contributed by atoms with E-state index in [0.717, 1.165) is 11.4 Å². The van der Waals surface area contributed by atoms with Gasteiger partial charge in [-0.3, -0.25) is 4.79 Å². The smallest absolute Gasteiger partial charge is 0.263 e. The second-order valence-electron chi connectivity index (χ2n) is 7.18. The summed E-state index contributed by atoms with van der Waals surface area (Å²) >= 11 is 0. The van der Waals surface area contributed by atoms with Crippen LogP contribution in [0.4, 0.5) is 5.69 Å². The predicted octanol–water partition coefficient (Wildman–Crippen LogP) is 0.415. The van der Waals surface area contributed by atoms with Gasteiger partial charge in [0.25, 0.3) is 5.91 Å². The van der Waals surface area contributed by atoms with E-state index in [1.807, 2.05) is 24.3 Å². The van der Waals surface area contributed by atoms with Gasteiger partial charge in [0, 0.05) is 37.4 Å². The number of ether oxygens (including phenoxy) is 1. The highest BCUT2D eigenvalue weighted by atomic mass is 32.2. The van der Waals surface area contributed by atoms with Crippen LogP contribution in [0, 0.1) is 11.8 Å². The van der Waals surface area contributed by atoms with Gasteiger partial charge in [-0.05, 0) is 36.4 Å². The first-order chi connectivity index (χ1) is 14.7. The third kappa shape index (κ3) is 5.55. The Bertz CT molecular complexity index is 1070. The van der Waals surface area contributed by atoms with E-state index in [2.05, 4.69) is 16.7 Å². The SMILES string of the molecule is COc1ccc(N2CCN(S(=O)(=O)CC(O)(C#Cc3ccccc3)C(N)=O)CC2)cc1. The van der Waals surface area contributed by atoms with E-state index in [1.54, 1.807) is 37.4 Å². The van der Waals surface area contributed by atoms with Crippen molar-refractivity contribution in [2.45, 2.75) is 5.60 Å². The molecule has 0 spiro atoms. The van der Waals surface area contributed by atoms with Gasteiger partial charge in [-0.1, -0.05) is 30.0 Å². The molecule has 0 radical (unpaired) electrons. The van der Waals surface area contributed by atoms with Gasteiger partial charge < -0.3 is 20.5 Å². The van der Waals surface area contributed by atoms with E-state index < -0.39 is 27.3 Å². The van der Waals surface area contributed by atoms with Gasteiger partial charge in [-0.25, -0.2) is 8.42 Å². The third-order valence-electron chi connectivity index (χ3n) is 5.06. The van der Waals surface area contributed by atoms with E-state index in [0.29, 0.717) is 18.7 Å². The summed E-state index contributed by atoms with van der Waals surface area (Å²) in [5.41, 5.74) is 4.31. The van der Waals surface area contributed by atoms with Crippen molar-refractivity contribution in [2.75, 3.05) is 43.9 Å². The van der Waals surface area contributed by atoms with Gasteiger partial charge in [0.15, 0.2) is 0 Å². The second-order valence-corrected chi connectivity index (χ2v) is 9.15. The van der Waals surface area contributed by atoms with Crippen LogP contribution < -0.4 is 15.4 Å². The molecule has 0 bridgehead atoms. The molecule has 1 amide bonds. The van der Waals surface area contributed by atoms with Crippen molar-refractivity contribution in [3.63, 3.8) is 0 Å². The van der Waals surface area contributed by atoms with Crippen LogP contribution in [-0.4, -0.2) is 68.4 Å². The fourth-order valence-electron chi connectivity index (χ4n) is 3.24. The molecule has 3 rings (SSSR count). The quantitative estimate of drug-likeness (QED) is 0.626. The maximum atomic E-state index is 12.9. The number of rotatable bonds is 6. The van der Waals surface area contributed by atoms with E-state index >= 15 is 0 Å². The lowest BCUT2D eigenvalue weighted by Gasteiger charge is -2.36. The zero-order valence-electron chi connectivity index (χ0n) is 17.2. The molecule has 1 aliphatic rings. The lowest BCUT2D eigenvalue weighted by Crippen LogP contribution is -2.55. The number of methoxy groups -OCH3 is 1. The molecular weight excluding hydrogens is 418 g/mol. The first-order valence-corrected chi connectivity index (χ1v) is 11.3. The summed E-state index contributed by atoms with van der Waals surface area (Å²) in [5.74, 6) is 3.64. The molecule has 1 aliphatic heterocycles. The summed E-state index contributed by atoms with van der Waals surface area (Å²) in [4.78, 5) is 13.9. The molecule has 2 aromatic rings. The topological polar surface area (TPSA) is 113 Å². The van der Waals surface area contributed by atoms with Crippen LogP contribution in [0.25, 0.3) is 0 Å². The van der Waals surface area contributed by atoms with E-state index in [4.69, 9.17) is 10.5 Å². The Balaban J connectivity index is 1.69. The molecule has 1 unspecified atom stereocenters. The molecule has 0 saturated carbocycles. The van der Waals surface area contributed by atoms with Crippen LogP contribution in [0.15, 0.2) is 54.6 Å². The largest absolute Gasteiger partial charge is 0.497 e. The van der Waals surface area contributed by atoms with Crippen LogP contribution >= 0.6 is 0 Å². The monoisotopic (exact) mass is 443 g/mol. The molecule has 1 fully saturated rings. The van der Waals surface area contributed by atoms with Gasteiger partial charge in [0.1, 0.15) is 11.5 Å². The van der Waals surface area contributed by atoms with Crippen molar-refractivity contribution in [3.05, 3.63) is 60.2 Å². The minimum Gasteiger partial charge on any atom is -0.497 e. The first kappa shape index (κ1) is 22.6. The molecular formula is C22H25N3O5S. The van der Waals surface area contributed by atoms with Crippen molar-refractivity contribution < 1.29 is 23.1 Å². The van der Waals surface area contributed by atoms with E-state index in [9.17, 15) is 18.3 Å². The number of hydrogen-bond donors (Lipinski definition) is 2. The summed E-state index contributed by atoms with van der Waals surface area (Å²) in [6, 6.07) is 16.2. The average molecular weight is 444 g/mol. The van der Waals surface area contributed by atoms with Crippen LogP contribution in [0.3, 0.4) is 0 Å². The van der Waals surface area contributed by atoms with Gasteiger partial charge in [-0.15, -0.1) is 0 Å². The Kier molecular flexibility index (Phi) is 6.85. The minimum atomic E-state index is -3.97. The molecule has 3 N–H and O–H groups in total. The van der Waals surface area contributed by atoms with Crippen molar-refractivity contribution >= 4 is 21.6 Å². The number of sulfonamides is 1. The molecule has 0 aliphatic carbocycles. The van der Waals surface area contributed by atoms with Gasteiger partial charge in [0.05, 0.1) is 7.11 Å². The number of anilines is 1. The lowest BCUT2D eigenvalue weighted by molar-refractivity contribution is -0.129. The second kappa shape index (κ2) is 9.39. The van der Waals surface area contributed by atoms with Crippen molar-refractivity contribution in [1.29, 1.82) is 0 Å². The first-order valence-electron chi connectivity index (χ1n) is 9.71. The summed E-state index contributed by atoms with van der Waals surface area (Å²) in [5, 5.41) is 10.6. The minimum absolute atomic E-state index is 0.218. The Hall–Kier alpha value is -3.06. The van der Waals surface area contributed by atoms with E-state index in [1.165, 1.54) is 4.31 Å². The van der Waals surface area contributed by atoms with E-state index in [-0.39, 0.29) is 13.1 Å². The molecule has 1 atom stereocenters. The number of benzene rings is 2. The molecule has 164 valence electrons. The van der Waals surface area contributed by atoms with Gasteiger partial charge in [0.2, 0.25) is 15.6 Å². The molecule has 2 aromatic carbocycles. The van der Waals surface area contributed by atoms with Crippen molar-refractivity contribution in [2.24, 2.45) is 5.73 Å². The highest BCUT2D eigenvalue weighted by Gasteiger charge is 2.41. The summed E-state index contributed by atoms with van der Waals surface area (Å²) in [7, 11) is -2.38. The fraction of sp³-hybridized carbons (Fsp3) is 0.318. The normalized spacial score (nSPS) is 16.6. The average Bonchev–Trinajstić information content (AvgIpc) is 2.78. The van der Waals surface area contributed by atoms with Crippen LogP contribution in [0.5, 0.6) is 5.75 Å². The standard InChI is InChI=1S/C22H25N3O5S/c1-30-20-9-7-19(8-10-20)24-13-15-25(16-14-24)31(28,29)17-22(27,21(23)26)12-11-18-5-3-2-4-6-18/h2-10,27H,13-17H2,1H3,(H2,23,26). The van der Waals surface area contributed by atoms with Crippen LogP contribution in [-0.2, 0) is 14.8 Å². The molecule has 9 heteroatoms. The van der Waals surface area contributed by atoms with Crippen molar-refractivity contribution in [1.82, 2.24) is 4.31 Å². The van der Waals surface area contributed by atoms with Crippen LogP contribution in [0.1, 0.15) is 5.56 Å². The Labute approximate surface area is 182 Å². The third-order valence-corrected chi connectivity index (χ3v) is 6.99. The Morgan fingerprint density at radius 2 is 1.71 bits per heavy atom. The lowest BCUT2D eigenvalue weighted by atomic mass is 10.1. The zero-order valence-corrected chi connectivity index (χ0v) is 18.0. The maximum Gasteiger partial charge on any atom is 0.263 e. The number of nitrogens with two attached hydrogens (primary N) is 1. The Morgan fingerprint density at radius 1 is 1.10 bits per heavy atom. The number of carbonyl (C=O) groups excluding carboxylic acids is 1. The predicted molar refractivity (Wildman–Crippen MR) is 118 cm³/mol. The summed E-state index contributed by atoms with van der Waals surface area (Å²) in [6.07, 6.45) is 0. The Morgan fingerprint density at radius 3 is 2.26 bits per heavy atom. The van der Waals surface area contributed by atoms with Crippen molar-refractivity contribution in [3.8, 4) is 17.6 Å². The highest BCUT2D eigenvalue weighted by molar-refractivity contribution is 7.89. The number of carbonyl (C=O) groups is 1.